The lowest BCUT2D eigenvalue weighted by molar-refractivity contribution is 0.620. The Kier molecular flexibility index (Phi) is 7.14. The molecule has 0 aliphatic heterocycles. The topological polar surface area (TPSA) is 34.2 Å². The van der Waals surface area contributed by atoms with Crippen LogP contribution < -0.4 is 4.90 Å². The Hall–Kier alpha value is -7.43. The molecule has 0 atom stereocenters. The fourth-order valence-corrected chi connectivity index (χ4v) is 8.12. The molecule has 0 spiro atoms. The first-order valence-electron chi connectivity index (χ1n) is 18.6. The third kappa shape index (κ3) is 5.26. The van der Waals surface area contributed by atoms with Crippen molar-refractivity contribution < 1.29 is 4.42 Å². The van der Waals surface area contributed by atoms with Crippen LogP contribution in [0.4, 0.5) is 17.1 Å². The maximum atomic E-state index is 6.64. The lowest BCUT2D eigenvalue weighted by Gasteiger charge is -2.26. The maximum absolute atomic E-state index is 6.64. The molecular formula is C51H33N3O. The molecule has 0 amide bonds. The molecule has 4 heteroatoms. The van der Waals surface area contributed by atoms with Crippen molar-refractivity contribution in [2.75, 3.05) is 4.90 Å². The number of para-hydroxylation sites is 3. The zero-order valence-corrected chi connectivity index (χ0v) is 29.8. The number of nitrogens with zero attached hydrogens (tertiary/aromatic N) is 3. The number of benzene rings is 9. The van der Waals surface area contributed by atoms with Crippen molar-refractivity contribution >= 4 is 71.5 Å². The van der Waals surface area contributed by atoms with Gasteiger partial charge in [-0.3, -0.25) is 0 Å². The Morgan fingerprint density at radius 2 is 1.05 bits per heavy atom. The summed E-state index contributed by atoms with van der Waals surface area (Å²) >= 11 is 0. The Morgan fingerprint density at radius 1 is 0.418 bits per heavy atom. The van der Waals surface area contributed by atoms with Crippen molar-refractivity contribution in [3.8, 4) is 28.3 Å². The van der Waals surface area contributed by atoms with Crippen LogP contribution in [0.1, 0.15) is 0 Å². The van der Waals surface area contributed by atoms with Crippen LogP contribution >= 0.6 is 0 Å². The third-order valence-electron chi connectivity index (χ3n) is 10.7. The van der Waals surface area contributed by atoms with E-state index in [1.807, 2.05) is 36.4 Å². The Labute approximate surface area is 317 Å². The number of hydrogen-bond acceptors (Lipinski definition) is 3. The van der Waals surface area contributed by atoms with E-state index in [1.165, 1.54) is 43.7 Å². The van der Waals surface area contributed by atoms with Gasteiger partial charge in [0.2, 0.25) is 5.89 Å². The van der Waals surface area contributed by atoms with Crippen LogP contribution in [-0.4, -0.2) is 9.55 Å². The van der Waals surface area contributed by atoms with E-state index in [9.17, 15) is 0 Å². The number of aromatic nitrogens is 2. The van der Waals surface area contributed by atoms with Gasteiger partial charge in [-0.15, -0.1) is 0 Å². The van der Waals surface area contributed by atoms with Crippen LogP contribution in [0.15, 0.2) is 205 Å². The Bertz CT molecular complexity index is 3200. The molecular weight excluding hydrogens is 671 g/mol. The van der Waals surface area contributed by atoms with Gasteiger partial charge in [0.05, 0.1) is 16.7 Å². The number of anilines is 3. The van der Waals surface area contributed by atoms with Crippen molar-refractivity contribution in [2.24, 2.45) is 0 Å². The van der Waals surface area contributed by atoms with E-state index in [0.717, 1.165) is 50.2 Å². The molecule has 258 valence electrons. The van der Waals surface area contributed by atoms with E-state index in [1.54, 1.807) is 0 Å². The predicted molar refractivity (Wildman–Crippen MR) is 229 cm³/mol. The molecule has 0 aliphatic rings. The average Bonchev–Trinajstić information content (AvgIpc) is 3.84. The summed E-state index contributed by atoms with van der Waals surface area (Å²) < 4.78 is 9.02. The molecule has 0 aliphatic carbocycles. The normalized spacial score (nSPS) is 11.6. The van der Waals surface area contributed by atoms with Gasteiger partial charge in [0.1, 0.15) is 5.52 Å². The highest BCUT2D eigenvalue weighted by molar-refractivity contribution is 6.14. The first kappa shape index (κ1) is 31.1. The van der Waals surface area contributed by atoms with E-state index in [-0.39, 0.29) is 0 Å². The van der Waals surface area contributed by atoms with E-state index in [2.05, 4.69) is 173 Å². The molecule has 0 radical (unpaired) electrons. The van der Waals surface area contributed by atoms with Gasteiger partial charge < -0.3 is 13.9 Å². The molecule has 0 bridgehead atoms. The van der Waals surface area contributed by atoms with Gasteiger partial charge in [0.25, 0.3) is 0 Å². The Morgan fingerprint density at radius 3 is 1.84 bits per heavy atom. The lowest BCUT2D eigenvalue weighted by atomic mass is 10.0. The molecule has 9 aromatic carbocycles. The van der Waals surface area contributed by atoms with Crippen molar-refractivity contribution in [3.63, 3.8) is 0 Å². The van der Waals surface area contributed by atoms with Gasteiger partial charge >= 0.3 is 0 Å². The molecule has 11 aromatic rings. The summed E-state index contributed by atoms with van der Waals surface area (Å²) in [4.78, 5) is 7.26. The van der Waals surface area contributed by atoms with Crippen molar-refractivity contribution in [1.82, 2.24) is 9.55 Å². The van der Waals surface area contributed by atoms with Gasteiger partial charge in [0.15, 0.2) is 5.58 Å². The second kappa shape index (κ2) is 12.6. The van der Waals surface area contributed by atoms with Gasteiger partial charge in [-0.05, 0) is 118 Å². The molecule has 0 saturated heterocycles. The smallest absolute Gasteiger partial charge is 0.227 e. The summed E-state index contributed by atoms with van der Waals surface area (Å²) in [5.41, 5.74) is 11.4. The highest BCUT2D eigenvalue weighted by Crippen LogP contribution is 2.43. The standard InChI is InChI=1S/C51H33N3O/c1-4-13-34(14-5-1)36-23-24-38-30-42(27-25-37(38)29-36)53(48-22-12-20-46-50(48)55-51(52-46)35-15-6-2-7-16-35)43-28-26-39-33-49-45(32-40(39)31-43)44-19-10-11-21-47(44)54(49)41-17-8-3-9-18-41/h1-33H. The number of hydrogen-bond donors (Lipinski definition) is 0. The van der Waals surface area contributed by atoms with E-state index < -0.39 is 0 Å². The fourth-order valence-electron chi connectivity index (χ4n) is 8.12. The summed E-state index contributed by atoms with van der Waals surface area (Å²) in [5.74, 6) is 0.602. The minimum absolute atomic E-state index is 0.602. The zero-order valence-electron chi connectivity index (χ0n) is 29.8. The molecule has 0 unspecified atom stereocenters. The average molecular weight is 704 g/mol. The van der Waals surface area contributed by atoms with Crippen LogP contribution in [0.25, 0.3) is 82.7 Å². The summed E-state index contributed by atoms with van der Waals surface area (Å²) in [6.45, 7) is 0. The number of rotatable bonds is 6. The second-order valence-corrected chi connectivity index (χ2v) is 14.0. The highest BCUT2D eigenvalue weighted by Gasteiger charge is 2.21. The van der Waals surface area contributed by atoms with Crippen LogP contribution in [0, 0.1) is 0 Å². The van der Waals surface area contributed by atoms with E-state index in [0.29, 0.717) is 5.89 Å². The largest absolute Gasteiger partial charge is 0.434 e. The summed E-state index contributed by atoms with van der Waals surface area (Å²) in [6.07, 6.45) is 0. The predicted octanol–water partition coefficient (Wildman–Crippen LogP) is 14.0. The third-order valence-corrected chi connectivity index (χ3v) is 10.7. The minimum atomic E-state index is 0.602. The molecule has 55 heavy (non-hydrogen) atoms. The first-order valence-corrected chi connectivity index (χ1v) is 18.6. The van der Waals surface area contributed by atoms with Gasteiger partial charge in [-0.25, -0.2) is 4.98 Å². The maximum Gasteiger partial charge on any atom is 0.227 e. The minimum Gasteiger partial charge on any atom is -0.434 e. The molecule has 2 heterocycles. The van der Waals surface area contributed by atoms with Gasteiger partial charge in [-0.1, -0.05) is 115 Å². The molecule has 2 aromatic heterocycles. The molecule has 0 N–H and O–H groups in total. The lowest BCUT2D eigenvalue weighted by Crippen LogP contribution is -2.10. The monoisotopic (exact) mass is 703 g/mol. The number of oxazole rings is 1. The number of fused-ring (bicyclic) bond motifs is 6. The van der Waals surface area contributed by atoms with Gasteiger partial charge in [0, 0.05) is 33.4 Å². The summed E-state index contributed by atoms with van der Waals surface area (Å²) in [5, 5.41) is 7.13. The van der Waals surface area contributed by atoms with Crippen molar-refractivity contribution in [3.05, 3.63) is 200 Å². The van der Waals surface area contributed by atoms with Crippen LogP contribution in [0.3, 0.4) is 0 Å². The summed E-state index contributed by atoms with van der Waals surface area (Å²) in [7, 11) is 0. The molecule has 4 nitrogen and oxygen atoms in total. The van der Waals surface area contributed by atoms with E-state index in [4.69, 9.17) is 9.40 Å². The van der Waals surface area contributed by atoms with Crippen molar-refractivity contribution in [2.45, 2.75) is 0 Å². The fraction of sp³-hybridized carbons (Fsp3) is 0. The second-order valence-electron chi connectivity index (χ2n) is 14.0. The van der Waals surface area contributed by atoms with Gasteiger partial charge in [-0.2, -0.15) is 0 Å². The molecule has 0 fully saturated rings. The molecule has 0 saturated carbocycles. The SMILES string of the molecule is c1ccc(-c2ccc3cc(N(c4ccc5cc6c(cc5c4)c4ccccc4n6-c4ccccc4)c4cccc5nc(-c6ccccc6)oc45)ccc3c2)cc1. The zero-order chi connectivity index (χ0) is 36.3. The van der Waals surface area contributed by atoms with Crippen LogP contribution in [0.5, 0.6) is 0 Å². The Balaban J connectivity index is 1.12. The first-order chi connectivity index (χ1) is 27.2. The van der Waals surface area contributed by atoms with E-state index >= 15 is 0 Å². The highest BCUT2D eigenvalue weighted by atomic mass is 16.3. The summed E-state index contributed by atoms with van der Waals surface area (Å²) in [6, 6.07) is 71.1. The van der Waals surface area contributed by atoms with Crippen molar-refractivity contribution in [1.29, 1.82) is 0 Å². The quantitative estimate of drug-likeness (QED) is 0.173. The van der Waals surface area contributed by atoms with Crippen LogP contribution in [0.2, 0.25) is 0 Å². The van der Waals surface area contributed by atoms with Crippen LogP contribution in [-0.2, 0) is 0 Å². The molecule has 11 rings (SSSR count).